The van der Waals surface area contributed by atoms with Gasteiger partial charge >= 0.3 is 6.09 Å². The largest absolute Gasteiger partial charge is 0.416 e. The number of amides is 1. The van der Waals surface area contributed by atoms with E-state index >= 15 is 0 Å². The number of nitrogens with zero attached hydrogens (tertiary/aromatic N) is 2. The summed E-state index contributed by atoms with van der Waals surface area (Å²) < 4.78 is 4.90. The number of rotatable bonds is 2. The molecule has 1 aromatic rings. The summed E-state index contributed by atoms with van der Waals surface area (Å²) in [5.74, 6) is 0. The molecule has 66 valence electrons. The molecule has 1 rings (SSSR count). The van der Waals surface area contributed by atoms with E-state index in [0.29, 0.717) is 11.7 Å². The molecule has 0 aliphatic rings. The molecule has 4 nitrogen and oxygen atoms in total. The minimum atomic E-state index is -0.368. The Kier molecular flexibility index (Phi) is 3.04. The van der Waals surface area contributed by atoms with Crippen molar-refractivity contribution in [1.29, 1.82) is 0 Å². The van der Waals surface area contributed by atoms with E-state index in [9.17, 15) is 4.79 Å². The Morgan fingerprint density at radius 2 is 2.58 bits per heavy atom. The molecule has 0 saturated heterocycles. The molecule has 0 N–H and O–H groups in total. The fourth-order valence-corrected chi connectivity index (χ4v) is 1.02. The first-order valence-corrected chi connectivity index (χ1v) is 4.44. The predicted molar refractivity (Wildman–Crippen MR) is 46.4 cm³/mol. The zero-order valence-corrected chi connectivity index (χ0v) is 7.80. The Balaban J connectivity index is 2.47. The van der Waals surface area contributed by atoms with Crippen molar-refractivity contribution in [3.63, 3.8) is 0 Å². The van der Waals surface area contributed by atoms with E-state index in [1.807, 2.05) is 6.92 Å². The molecule has 0 atom stereocenters. The molecule has 0 saturated carbocycles. The van der Waals surface area contributed by atoms with Gasteiger partial charge in [-0.1, -0.05) is 11.3 Å². The van der Waals surface area contributed by atoms with E-state index in [2.05, 4.69) is 4.98 Å². The fraction of sp³-hybridized carbons (Fsp3) is 0.429. The first kappa shape index (κ1) is 8.99. The second-order valence-corrected chi connectivity index (χ2v) is 3.04. The third-order valence-corrected chi connectivity index (χ3v) is 2.02. The minimum absolute atomic E-state index is 0.368. The maximum Gasteiger partial charge on any atom is 0.416 e. The smallest absolute Gasteiger partial charge is 0.381 e. The van der Waals surface area contributed by atoms with Crippen molar-refractivity contribution in [3.8, 4) is 5.19 Å². The highest BCUT2D eigenvalue weighted by molar-refractivity contribution is 7.11. The molecule has 0 aromatic carbocycles. The Morgan fingerprint density at radius 1 is 1.83 bits per heavy atom. The van der Waals surface area contributed by atoms with Crippen LogP contribution in [0.15, 0.2) is 11.6 Å². The van der Waals surface area contributed by atoms with Crippen LogP contribution < -0.4 is 4.74 Å². The number of carbonyl (C=O) groups excluding carboxylic acids is 1. The van der Waals surface area contributed by atoms with Crippen LogP contribution in [-0.4, -0.2) is 29.6 Å². The number of aromatic nitrogens is 1. The first-order valence-electron chi connectivity index (χ1n) is 3.56. The van der Waals surface area contributed by atoms with Gasteiger partial charge in [-0.3, -0.25) is 0 Å². The number of carbonyl (C=O) groups is 1. The predicted octanol–water partition coefficient (Wildman–Crippen LogP) is 1.59. The van der Waals surface area contributed by atoms with Crippen LogP contribution in [-0.2, 0) is 0 Å². The Morgan fingerprint density at radius 3 is 3.08 bits per heavy atom. The topological polar surface area (TPSA) is 42.4 Å². The lowest BCUT2D eigenvalue weighted by Crippen LogP contribution is -2.29. The number of ether oxygens (including phenoxy) is 1. The van der Waals surface area contributed by atoms with Gasteiger partial charge in [0.25, 0.3) is 5.19 Å². The van der Waals surface area contributed by atoms with Crippen molar-refractivity contribution in [3.05, 3.63) is 11.6 Å². The third-order valence-electron chi connectivity index (χ3n) is 1.37. The van der Waals surface area contributed by atoms with Crippen LogP contribution in [0.3, 0.4) is 0 Å². The van der Waals surface area contributed by atoms with Crippen molar-refractivity contribution in [2.75, 3.05) is 13.6 Å². The van der Waals surface area contributed by atoms with Gasteiger partial charge < -0.3 is 9.64 Å². The summed E-state index contributed by atoms with van der Waals surface area (Å²) in [5, 5.41) is 2.15. The zero-order valence-electron chi connectivity index (χ0n) is 6.98. The van der Waals surface area contributed by atoms with E-state index in [-0.39, 0.29) is 6.09 Å². The van der Waals surface area contributed by atoms with Gasteiger partial charge in [-0.05, 0) is 6.92 Å². The van der Waals surface area contributed by atoms with Gasteiger partial charge in [0.05, 0.1) is 0 Å². The van der Waals surface area contributed by atoms with E-state index < -0.39 is 0 Å². The standard InChI is InChI=1S/C7H10N2O2S/c1-3-9(2)7(10)11-6-8-4-5-12-6/h4-5H,3H2,1-2H3. The molecule has 0 unspecified atom stereocenters. The molecule has 5 heteroatoms. The summed E-state index contributed by atoms with van der Waals surface area (Å²) in [6.07, 6.45) is 1.23. The summed E-state index contributed by atoms with van der Waals surface area (Å²) in [5.41, 5.74) is 0. The molecule has 1 aromatic heterocycles. The average molecular weight is 186 g/mol. The van der Waals surface area contributed by atoms with Crippen LogP contribution in [0.2, 0.25) is 0 Å². The van der Waals surface area contributed by atoms with Crippen LogP contribution in [0.4, 0.5) is 4.79 Å². The molecule has 0 radical (unpaired) electrons. The molecule has 0 fully saturated rings. The lowest BCUT2D eigenvalue weighted by atomic mass is 10.7. The van der Waals surface area contributed by atoms with E-state index in [4.69, 9.17) is 4.74 Å². The number of hydrogen-bond donors (Lipinski definition) is 0. The van der Waals surface area contributed by atoms with Crippen LogP contribution >= 0.6 is 11.3 Å². The summed E-state index contributed by atoms with van der Waals surface area (Å²) >= 11 is 1.30. The normalized spacial score (nSPS) is 9.50. The van der Waals surface area contributed by atoms with Crippen molar-refractivity contribution in [2.45, 2.75) is 6.92 Å². The first-order chi connectivity index (χ1) is 5.74. The lowest BCUT2D eigenvalue weighted by Gasteiger charge is -2.11. The fourth-order valence-electron chi connectivity index (χ4n) is 0.542. The van der Waals surface area contributed by atoms with Gasteiger partial charge in [-0.15, -0.1) is 0 Å². The zero-order chi connectivity index (χ0) is 8.97. The Labute approximate surface area is 74.8 Å². The van der Waals surface area contributed by atoms with Crippen molar-refractivity contribution in [1.82, 2.24) is 9.88 Å². The molecule has 0 spiro atoms. The highest BCUT2D eigenvalue weighted by Crippen LogP contribution is 2.14. The SMILES string of the molecule is CCN(C)C(=O)Oc1nccs1. The Bertz CT molecular complexity index is 248. The molecule has 1 amide bonds. The van der Waals surface area contributed by atoms with Crippen LogP contribution in [0.25, 0.3) is 0 Å². The second kappa shape index (κ2) is 4.06. The summed E-state index contributed by atoms with van der Waals surface area (Å²) in [6, 6.07) is 0. The molecule has 0 bridgehead atoms. The molecule has 1 heterocycles. The van der Waals surface area contributed by atoms with Crippen LogP contribution in [0.5, 0.6) is 5.19 Å². The van der Waals surface area contributed by atoms with Crippen molar-refractivity contribution in [2.24, 2.45) is 0 Å². The van der Waals surface area contributed by atoms with Gasteiger partial charge in [-0.25, -0.2) is 9.78 Å². The lowest BCUT2D eigenvalue weighted by molar-refractivity contribution is 0.165. The van der Waals surface area contributed by atoms with Crippen LogP contribution in [0, 0.1) is 0 Å². The van der Waals surface area contributed by atoms with Gasteiger partial charge in [0.2, 0.25) is 0 Å². The summed E-state index contributed by atoms with van der Waals surface area (Å²) in [6.45, 7) is 2.51. The third kappa shape index (κ3) is 2.20. The molecule has 0 aliphatic carbocycles. The average Bonchev–Trinajstić information content (AvgIpc) is 2.55. The summed E-state index contributed by atoms with van der Waals surface area (Å²) in [4.78, 5) is 16.4. The maximum absolute atomic E-state index is 11.1. The van der Waals surface area contributed by atoms with Gasteiger partial charge in [-0.2, -0.15) is 0 Å². The Hall–Kier alpha value is -1.10. The van der Waals surface area contributed by atoms with Crippen molar-refractivity contribution >= 4 is 17.4 Å². The minimum Gasteiger partial charge on any atom is -0.381 e. The maximum atomic E-state index is 11.1. The van der Waals surface area contributed by atoms with Crippen molar-refractivity contribution < 1.29 is 9.53 Å². The highest BCUT2D eigenvalue weighted by atomic mass is 32.1. The monoisotopic (exact) mass is 186 g/mol. The van der Waals surface area contributed by atoms with E-state index in [1.165, 1.54) is 16.2 Å². The molecule has 12 heavy (non-hydrogen) atoms. The van der Waals surface area contributed by atoms with Gasteiger partial charge in [0, 0.05) is 25.2 Å². The quantitative estimate of drug-likeness (QED) is 0.704. The molecule has 0 aliphatic heterocycles. The highest BCUT2D eigenvalue weighted by Gasteiger charge is 2.09. The second-order valence-electron chi connectivity index (χ2n) is 2.18. The number of thiazole rings is 1. The summed E-state index contributed by atoms with van der Waals surface area (Å²) in [7, 11) is 1.68. The van der Waals surface area contributed by atoms with Gasteiger partial charge in [0.1, 0.15) is 0 Å². The van der Waals surface area contributed by atoms with Gasteiger partial charge in [0.15, 0.2) is 0 Å². The number of hydrogen-bond acceptors (Lipinski definition) is 4. The molecular weight excluding hydrogens is 176 g/mol. The van der Waals surface area contributed by atoms with E-state index in [0.717, 1.165) is 0 Å². The van der Waals surface area contributed by atoms with E-state index in [1.54, 1.807) is 18.6 Å². The van der Waals surface area contributed by atoms with Crippen LogP contribution in [0.1, 0.15) is 6.92 Å². The molecular formula is C7H10N2O2S.